The van der Waals surface area contributed by atoms with Crippen LogP contribution in [0.1, 0.15) is 34.1 Å². The number of aromatic nitrogens is 2. The highest BCUT2D eigenvalue weighted by molar-refractivity contribution is 5.94. The summed E-state index contributed by atoms with van der Waals surface area (Å²) >= 11 is 0. The number of carbonyl (C=O) groups excluding carboxylic acids is 1. The summed E-state index contributed by atoms with van der Waals surface area (Å²) in [5, 5.41) is 3.09. The Morgan fingerprint density at radius 3 is 2.91 bits per heavy atom. The van der Waals surface area contributed by atoms with Gasteiger partial charge in [0.15, 0.2) is 0 Å². The van der Waals surface area contributed by atoms with Crippen molar-refractivity contribution in [2.75, 3.05) is 0 Å². The van der Waals surface area contributed by atoms with Gasteiger partial charge in [0.05, 0.1) is 17.1 Å². The average Bonchev–Trinajstić information content (AvgIpc) is 2.97. The molecule has 0 fully saturated rings. The van der Waals surface area contributed by atoms with Gasteiger partial charge in [0.25, 0.3) is 5.91 Å². The highest BCUT2D eigenvalue weighted by Gasteiger charge is 2.24. The van der Waals surface area contributed by atoms with Crippen LogP contribution in [0.25, 0.3) is 11.0 Å². The van der Waals surface area contributed by atoms with Crippen LogP contribution in [0, 0.1) is 0 Å². The standard InChI is InChI=1S/C18H15N3O/c22-18(17-10-9-15-16(20-17)6-3-11-19-15)21-14-8-7-12-4-1-2-5-13(12)14/h1-6,9-11,14H,7-8H2,(H,21,22). The number of nitrogens with zero attached hydrogens (tertiary/aromatic N) is 2. The molecule has 0 aliphatic heterocycles. The van der Waals surface area contributed by atoms with Gasteiger partial charge in [-0.2, -0.15) is 0 Å². The van der Waals surface area contributed by atoms with E-state index in [2.05, 4.69) is 27.4 Å². The van der Waals surface area contributed by atoms with Gasteiger partial charge < -0.3 is 5.32 Å². The first kappa shape index (κ1) is 13.0. The third-order valence-corrected chi connectivity index (χ3v) is 4.13. The molecule has 0 saturated heterocycles. The molecule has 1 aromatic carbocycles. The van der Waals surface area contributed by atoms with Crippen molar-refractivity contribution in [1.29, 1.82) is 0 Å². The van der Waals surface area contributed by atoms with Crippen LogP contribution < -0.4 is 5.32 Å². The van der Waals surface area contributed by atoms with E-state index < -0.39 is 0 Å². The smallest absolute Gasteiger partial charge is 0.270 e. The van der Waals surface area contributed by atoms with Crippen LogP contribution >= 0.6 is 0 Å². The summed E-state index contributed by atoms with van der Waals surface area (Å²) < 4.78 is 0. The van der Waals surface area contributed by atoms with Crippen molar-refractivity contribution >= 4 is 16.9 Å². The summed E-state index contributed by atoms with van der Waals surface area (Å²) in [6.07, 6.45) is 3.68. The van der Waals surface area contributed by atoms with Gasteiger partial charge in [-0.3, -0.25) is 9.78 Å². The third-order valence-electron chi connectivity index (χ3n) is 4.13. The molecule has 4 heteroatoms. The molecule has 0 spiro atoms. The fraction of sp³-hybridized carbons (Fsp3) is 0.167. The number of hydrogen-bond acceptors (Lipinski definition) is 3. The Balaban J connectivity index is 1.59. The molecule has 0 radical (unpaired) electrons. The topological polar surface area (TPSA) is 54.9 Å². The van der Waals surface area contributed by atoms with Gasteiger partial charge in [-0.25, -0.2) is 4.98 Å². The van der Waals surface area contributed by atoms with Gasteiger partial charge in [0.2, 0.25) is 0 Å². The van der Waals surface area contributed by atoms with Crippen molar-refractivity contribution in [3.05, 3.63) is 71.5 Å². The minimum absolute atomic E-state index is 0.0788. The molecule has 1 atom stereocenters. The number of aryl methyl sites for hydroxylation is 1. The van der Waals surface area contributed by atoms with E-state index in [0.717, 1.165) is 23.9 Å². The SMILES string of the molecule is O=C(NC1CCc2ccccc21)c1ccc2ncccc2n1. The molecule has 1 unspecified atom stereocenters. The van der Waals surface area contributed by atoms with Crippen molar-refractivity contribution in [3.63, 3.8) is 0 Å². The minimum Gasteiger partial charge on any atom is -0.344 e. The van der Waals surface area contributed by atoms with Gasteiger partial charge in [-0.15, -0.1) is 0 Å². The summed E-state index contributed by atoms with van der Waals surface area (Å²) in [5.41, 5.74) is 4.51. The molecule has 1 amide bonds. The first-order valence-corrected chi connectivity index (χ1v) is 7.42. The molecule has 1 aliphatic carbocycles. The zero-order valence-electron chi connectivity index (χ0n) is 12.0. The van der Waals surface area contributed by atoms with E-state index in [-0.39, 0.29) is 11.9 Å². The Kier molecular flexibility index (Phi) is 3.07. The van der Waals surface area contributed by atoms with Crippen molar-refractivity contribution in [3.8, 4) is 0 Å². The van der Waals surface area contributed by atoms with Gasteiger partial charge in [0, 0.05) is 6.20 Å². The Morgan fingerprint density at radius 1 is 1.05 bits per heavy atom. The number of rotatable bonds is 2. The van der Waals surface area contributed by atoms with Crippen molar-refractivity contribution in [2.45, 2.75) is 18.9 Å². The Labute approximate surface area is 128 Å². The second-order valence-corrected chi connectivity index (χ2v) is 5.50. The molecule has 4 nitrogen and oxygen atoms in total. The molecular weight excluding hydrogens is 274 g/mol. The number of amides is 1. The molecule has 4 rings (SSSR count). The van der Waals surface area contributed by atoms with E-state index in [1.54, 1.807) is 12.3 Å². The number of hydrogen-bond donors (Lipinski definition) is 1. The minimum atomic E-state index is -0.132. The van der Waals surface area contributed by atoms with Crippen LogP contribution in [0.15, 0.2) is 54.7 Å². The number of carbonyl (C=O) groups is 1. The normalized spacial score (nSPS) is 16.5. The van der Waals surface area contributed by atoms with Crippen molar-refractivity contribution in [1.82, 2.24) is 15.3 Å². The predicted molar refractivity (Wildman–Crippen MR) is 84.5 cm³/mol. The lowest BCUT2D eigenvalue weighted by Crippen LogP contribution is -2.27. The molecule has 3 aromatic rings. The first-order chi connectivity index (χ1) is 10.8. The van der Waals surface area contributed by atoms with Gasteiger partial charge in [-0.05, 0) is 48.2 Å². The fourth-order valence-electron chi connectivity index (χ4n) is 3.02. The van der Waals surface area contributed by atoms with Gasteiger partial charge in [-0.1, -0.05) is 24.3 Å². The summed E-state index contributed by atoms with van der Waals surface area (Å²) in [4.78, 5) is 21.1. The molecule has 0 saturated carbocycles. The second-order valence-electron chi connectivity index (χ2n) is 5.50. The molecular formula is C18H15N3O. The van der Waals surface area contributed by atoms with Crippen molar-refractivity contribution in [2.24, 2.45) is 0 Å². The van der Waals surface area contributed by atoms with Crippen LogP contribution in [-0.4, -0.2) is 15.9 Å². The van der Waals surface area contributed by atoms with Crippen molar-refractivity contribution < 1.29 is 4.79 Å². The van der Waals surface area contributed by atoms with Crippen LogP contribution in [0.3, 0.4) is 0 Å². The lowest BCUT2D eigenvalue weighted by Gasteiger charge is -2.13. The van der Waals surface area contributed by atoms with E-state index in [0.29, 0.717) is 5.69 Å². The third kappa shape index (κ3) is 2.22. The monoisotopic (exact) mass is 289 g/mol. The van der Waals surface area contributed by atoms with E-state index in [1.165, 1.54) is 11.1 Å². The van der Waals surface area contributed by atoms with E-state index in [1.807, 2.05) is 30.3 Å². The van der Waals surface area contributed by atoms with Crippen LogP contribution in [0.4, 0.5) is 0 Å². The molecule has 22 heavy (non-hydrogen) atoms. The molecule has 2 heterocycles. The van der Waals surface area contributed by atoms with Gasteiger partial charge in [0.1, 0.15) is 5.69 Å². The Hall–Kier alpha value is -2.75. The Bertz CT molecular complexity index is 860. The summed E-state index contributed by atoms with van der Waals surface area (Å²) in [5.74, 6) is -0.132. The van der Waals surface area contributed by atoms with Crippen LogP contribution in [-0.2, 0) is 6.42 Å². The second kappa shape index (κ2) is 5.22. The first-order valence-electron chi connectivity index (χ1n) is 7.42. The number of pyridine rings is 2. The summed E-state index contributed by atoms with van der Waals surface area (Å²) in [6, 6.07) is 15.6. The summed E-state index contributed by atoms with van der Waals surface area (Å²) in [6.45, 7) is 0. The zero-order chi connectivity index (χ0) is 14.9. The van der Waals surface area contributed by atoms with Crippen LogP contribution in [0.2, 0.25) is 0 Å². The highest BCUT2D eigenvalue weighted by Crippen LogP contribution is 2.30. The summed E-state index contributed by atoms with van der Waals surface area (Å²) in [7, 11) is 0. The molecule has 1 N–H and O–H groups in total. The highest BCUT2D eigenvalue weighted by atomic mass is 16.1. The molecule has 1 aliphatic rings. The maximum Gasteiger partial charge on any atom is 0.270 e. The largest absolute Gasteiger partial charge is 0.344 e. The lowest BCUT2D eigenvalue weighted by atomic mass is 10.1. The molecule has 2 aromatic heterocycles. The molecule has 108 valence electrons. The number of nitrogens with one attached hydrogen (secondary N) is 1. The van der Waals surface area contributed by atoms with E-state index in [9.17, 15) is 4.79 Å². The number of fused-ring (bicyclic) bond motifs is 2. The molecule has 0 bridgehead atoms. The average molecular weight is 289 g/mol. The fourth-order valence-corrected chi connectivity index (χ4v) is 3.02. The Morgan fingerprint density at radius 2 is 1.95 bits per heavy atom. The van der Waals surface area contributed by atoms with Crippen LogP contribution in [0.5, 0.6) is 0 Å². The maximum absolute atomic E-state index is 12.5. The van der Waals surface area contributed by atoms with Gasteiger partial charge >= 0.3 is 0 Å². The maximum atomic E-state index is 12.5. The lowest BCUT2D eigenvalue weighted by molar-refractivity contribution is 0.0932. The predicted octanol–water partition coefficient (Wildman–Crippen LogP) is 3.05. The zero-order valence-corrected chi connectivity index (χ0v) is 12.0. The number of benzene rings is 1. The van der Waals surface area contributed by atoms with E-state index in [4.69, 9.17) is 0 Å². The quantitative estimate of drug-likeness (QED) is 0.789. The van der Waals surface area contributed by atoms with E-state index >= 15 is 0 Å².